The lowest BCUT2D eigenvalue weighted by Crippen LogP contribution is -2.50. The lowest BCUT2D eigenvalue weighted by atomic mass is 10.2. The zero-order chi connectivity index (χ0) is 13.4. The van der Waals surface area contributed by atoms with Crippen molar-refractivity contribution in [3.63, 3.8) is 0 Å². The molecular formula is C12H22N2O3. The van der Waals surface area contributed by atoms with Crippen molar-refractivity contribution in [1.82, 2.24) is 9.80 Å². The van der Waals surface area contributed by atoms with Gasteiger partial charge in [0.15, 0.2) is 0 Å². The molecule has 0 aromatic heterocycles. The summed E-state index contributed by atoms with van der Waals surface area (Å²) in [4.78, 5) is 26.9. The minimum absolute atomic E-state index is 0.0362. The van der Waals surface area contributed by atoms with Gasteiger partial charge in [-0.2, -0.15) is 0 Å². The largest absolute Gasteiger partial charge is 0.444 e. The molecule has 98 valence electrons. The van der Waals surface area contributed by atoms with Crippen molar-refractivity contribution in [3.8, 4) is 0 Å². The summed E-state index contributed by atoms with van der Waals surface area (Å²) in [6.07, 6.45) is 0.977. The zero-order valence-electron chi connectivity index (χ0n) is 11.5. The van der Waals surface area contributed by atoms with Crippen LogP contribution in [0.3, 0.4) is 0 Å². The van der Waals surface area contributed by atoms with Crippen LogP contribution in [0.15, 0.2) is 0 Å². The van der Waals surface area contributed by atoms with Gasteiger partial charge >= 0.3 is 6.09 Å². The number of carbonyl (C=O) groups is 2. The number of rotatable bonds is 2. The number of hydrogen-bond donors (Lipinski definition) is 0. The van der Waals surface area contributed by atoms with Crippen LogP contribution in [0, 0.1) is 0 Å². The predicted molar refractivity (Wildman–Crippen MR) is 64.7 cm³/mol. The third kappa shape index (κ3) is 2.90. The summed E-state index contributed by atoms with van der Waals surface area (Å²) in [7, 11) is 5.03. The smallest absolute Gasteiger partial charge is 0.410 e. The normalized spacial score (nSPS) is 17.3. The lowest BCUT2D eigenvalue weighted by molar-refractivity contribution is -0.135. The Morgan fingerprint density at radius 2 is 1.59 bits per heavy atom. The monoisotopic (exact) mass is 242 g/mol. The van der Waals surface area contributed by atoms with Gasteiger partial charge in [0.25, 0.3) is 0 Å². The van der Waals surface area contributed by atoms with Crippen LogP contribution < -0.4 is 0 Å². The van der Waals surface area contributed by atoms with E-state index in [2.05, 4.69) is 0 Å². The number of amides is 2. The molecule has 1 saturated carbocycles. The highest BCUT2D eigenvalue weighted by Gasteiger charge is 2.56. The maximum atomic E-state index is 12.0. The highest BCUT2D eigenvalue weighted by molar-refractivity contribution is 5.92. The SMILES string of the molecule is CN(C)C(=O)C1(N(C)C(=O)OC(C)(C)C)CC1. The molecule has 0 aromatic carbocycles. The molecule has 0 saturated heterocycles. The van der Waals surface area contributed by atoms with Crippen LogP contribution in [-0.4, -0.2) is 54.1 Å². The van der Waals surface area contributed by atoms with Gasteiger partial charge in [0.1, 0.15) is 11.1 Å². The van der Waals surface area contributed by atoms with E-state index < -0.39 is 17.2 Å². The molecule has 0 spiro atoms. The van der Waals surface area contributed by atoms with Crippen molar-refractivity contribution >= 4 is 12.0 Å². The van der Waals surface area contributed by atoms with E-state index in [0.29, 0.717) is 12.8 Å². The van der Waals surface area contributed by atoms with Crippen LogP contribution in [0.2, 0.25) is 0 Å². The molecule has 17 heavy (non-hydrogen) atoms. The maximum absolute atomic E-state index is 12.0. The first-order valence-electron chi connectivity index (χ1n) is 5.79. The van der Waals surface area contributed by atoms with Crippen LogP contribution in [0.25, 0.3) is 0 Å². The second kappa shape index (κ2) is 4.20. The van der Waals surface area contributed by atoms with Crippen molar-refractivity contribution in [1.29, 1.82) is 0 Å². The number of ether oxygens (including phenoxy) is 1. The second-order valence-electron chi connectivity index (χ2n) is 5.77. The number of hydrogen-bond acceptors (Lipinski definition) is 3. The Morgan fingerprint density at radius 3 is 1.88 bits per heavy atom. The van der Waals surface area contributed by atoms with Crippen molar-refractivity contribution in [2.24, 2.45) is 0 Å². The lowest BCUT2D eigenvalue weighted by Gasteiger charge is -2.31. The fraction of sp³-hybridized carbons (Fsp3) is 0.833. The van der Waals surface area contributed by atoms with Gasteiger partial charge in [-0.25, -0.2) is 4.79 Å². The minimum Gasteiger partial charge on any atom is -0.444 e. The van der Waals surface area contributed by atoms with Crippen molar-refractivity contribution in [2.45, 2.75) is 44.8 Å². The average molecular weight is 242 g/mol. The van der Waals surface area contributed by atoms with Crippen LogP contribution in [0.1, 0.15) is 33.6 Å². The number of nitrogens with zero attached hydrogens (tertiary/aromatic N) is 2. The van der Waals surface area contributed by atoms with Gasteiger partial charge < -0.3 is 9.64 Å². The Hall–Kier alpha value is -1.26. The molecule has 5 nitrogen and oxygen atoms in total. The van der Waals surface area contributed by atoms with Gasteiger partial charge in [-0.05, 0) is 33.6 Å². The first kappa shape index (κ1) is 13.8. The predicted octanol–water partition coefficient (Wildman–Crippen LogP) is 1.47. The van der Waals surface area contributed by atoms with Gasteiger partial charge in [0, 0.05) is 21.1 Å². The molecule has 1 aliphatic rings. The van der Waals surface area contributed by atoms with E-state index in [1.54, 1.807) is 21.1 Å². The molecule has 0 aromatic rings. The van der Waals surface area contributed by atoms with Crippen molar-refractivity contribution in [3.05, 3.63) is 0 Å². The summed E-state index contributed by atoms with van der Waals surface area (Å²) in [5, 5.41) is 0. The number of carbonyl (C=O) groups excluding carboxylic acids is 2. The van der Waals surface area contributed by atoms with Gasteiger partial charge in [0.2, 0.25) is 5.91 Å². The second-order valence-corrected chi connectivity index (χ2v) is 5.77. The van der Waals surface area contributed by atoms with E-state index >= 15 is 0 Å². The Balaban J connectivity index is 2.74. The van der Waals surface area contributed by atoms with Crippen LogP contribution in [-0.2, 0) is 9.53 Å². The van der Waals surface area contributed by atoms with Crippen LogP contribution in [0.5, 0.6) is 0 Å². The molecule has 0 atom stereocenters. The fourth-order valence-electron chi connectivity index (χ4n) is 1.73. The molecule has 0 bridgehead atoms. The molecule has 5 heteroatoms. The fourth-order valence-corrected chi connectivity index (χ4v) is 1.73. The topological polar surface area (TPSA) is 49.9 Å². The molecule has 2 amide bonds. The zero-order valence-corrected chi connectivity index (χ0v) is 11.5. The standard InChI is InChI=1S/C12H22N2O3/c1-11(2,3)17-10(16)14(6)12(7-8-12)9(15)13(4)5/h7-8H2,1-6H3. The van der Waals surface area contributed by atoms with Gasteiger partial charge in [-0.3, -0.25) is 9.69 Å². The molecular weight excluding hydrogens is 220 g/mol. The average Bonchev–Trinajstić information content (AvgIpc) is 2.93. The van der Waals surface area contributed by atoms with E-state index in [-0.39, 0.29) is 5.91 Å². The first-order valence-corrected chi connectivity index (χ1v) is 5.79. The molecule has 1 fully saturated rings. The Labute approximate surface area is 103 Å². The molecule has 0 radical (unpaired) electrons. The Kier molecular flexibility index (Phi) is 3.41. The minimum atomic E-state index is -0.675. The van der Waals surface area contributed by atoms with E-state index in [4.69, 9.17) is 4.74 Å². The van der Waals surface area contributed by atoms with E-state index in [9.17, 15) is 9.59 Å². The first-order chi connectivity index (χ1) is 7.60. The summed E-state index contributed by atoms with van der Waals surface area (Å²) in [5.41, 5.74) is -1.21. The van der Waals surface area contributed by atoms with E-state index in [0.717, 1.165) is 0 Å². The third-order valence-corrected chi connectivity index (χ3v) is 2.84. The third-order valence-electron chi connectivity index (χ3n) is 2.84. The summed E-state index contributed by atoms with van der Waals surface area (Å²) < 4.78 is 5.27. The molecule has 1 aliphatic carbocycles. The van der Waals surface area contributed by atoms with Gasteiger partial charge in [-0.1, -0.05) is 0 Å². The summed E-state index contributed by atoms with van der Waals surface area (Å²) in [5.74, 6) is -0.0362. The molecule has 0 heterocycles. The quantitative estimate of drug-likeness (QED) is 0.737. The van der Waals surface area contributed by atoms with Crippen LogP contribution >= 0.6 is 0 Å². The summed E-state index contributed by atoms with van der Waals surface area (Å²) in [6.45, 7) is 5.43. The number of likely N-dealkylation sites (N-methyl/N-ethyl adjacent to an activating group) is 2. The Morgan fingerprint density at radius 1 is 1.12 bits per heavy atom. The molecule has 1 rings (SSSR count). The van der Waals surface area contributed by atoms with E-state index in [1.165, 1.54) is 9.80 Å². The molecule has 0 aliphatic heterocycles. The van der Waals surface area contributed by atoms with Crippen LogP contribution in [0.4, 0.5) is 4.79 Å². The van der Waals surface area contributed by atoms with Gasteiger partial charge in [0.05, 0.1) is 0 Å². The highest BCUT2D eigenvalue weighted by Crippen LogP contribution is 2.42. The van der Waals surface area contributed by atoms with Crippen molar-refractivity contribution < 1.29 is 14.3 Å². The Bertz CT molecular complexity index is 327. The maximum Gasteiger partial charge on any atom is 0.410 e. The van der Waals surface area contributed by atoms with Gasteiger partial charge in [-0.15, -0.1) is 0 Å². The molecule has 0 N–H and O–H groups in total. The van der Waals surface area contributed by atoms with Crippen molar-refractivity contribution in [2.75, 3.05) is 21.1 Å². The van der Waals surface area contributed by atoms with E-state index in [1.807, 2.05) is 20.8 Å². The summed E-state index contributed by atoms with van der Waals surface area (Å²) >= 11 is 0. The summed E-state index contributed by atoms with van der Waals surface area (Å²) in [6, 6.07) is 0. The molecule has 0 unspecified atom stereocenters. The highest BCUT2D eigenvalue weighted by atomic mass is 16.6.